The Kier molecular flexibility index (Phi) is 4.05. The minimum atomic E-state index is -0.180. The molecule has 3 unspecified atom stereocenters. The van der Waals surface area contributed by atoms with E-state index in [4.69, 9.17) is 4.42 Å². The van der Waals surface area contributed by atoms with Crippen LogP contribution in [0.1, 0.15) is 30.3 Å². The second kappa shape index (κ2) is 6.37. The molecule has 1 aliphatic carbocycles. The standard InChI is InChI=1S/C19H21N3O3/c1-11(23)21-15-5-3-2-4-14(15)17-6-7-18(25-17)19(24)22-16-9-13-8-12(16)10-20-13/h2-7,12-13,16,20H,8-10H2,1H3,(H,21,23)(H,22,24). The first kappa shape index (κ1) is 15.9. The first-order chi connectivity index (χ1) is 12.1. The van der Waals surface area contributed by atoms with Crippen LogP contribution in [0, 0.1) is 5.92 Å². The minimum absolute atomic E-state index is 0.151. The number of carbonyl (C=O) groups excluding carboxylic acids is 2. The number of amides is 2. The molecule has 1 aromatic carbocycles. The Bertz CT molecular complexity index is 814. The van der Waals surface area contributed by atoms with E-state index in [1.54, 1.807) is 18.2 Å². The summed E-state index contributed by atoms with van der Waals surface area (Å²) in [5.41, 5.74) is 1.41. The predicted molar refractivity (Wildman–Crippen MR) is 94.2 cm³/mol. The lowest BCUT2D eigenvalue weighted by Gasteiger charge is -2.22. The maximum Gasteiger partial charge on any atom is 0.287 e. The molecule has 2 amide bonds. The monoisotopic (exact) mass is 339 g/mol. The van der Waals surface area contributed by atoms with Gasteiger partial charge in [-0.2, -0.15) is 0 Å². The van der Waals surface area contributed by atoms with Crippen LogP contribution in [0.25, 0.3) is 11.3 Å². The Morgan fingerprint density at radius 2 is 2.00 bits per heavy atom. The van der Waals surface area contributed by atoms with Crippen molar-refractivity contribution in [1.29, 1.82) is 0 Å². The maximum atomic E-state index is 12.5. The van der Waals surface area contributed by atoms with Crippen LogP contribution in [-0.4, -0.2) is 30.4 Å². The van der Waals surface area contributed by atoms with E-state index in [2.05, 4.69) is 16.0 Å². The van der Waals surface area contributed by atoms with Gasteiger partial charge in [-0.1, -0.05) is 12.1 Å². The molecule has 6 heteroatoms. The first-order valence-electron chi connectivity index (χ1n) is 8.61. The number of hydrogen-bond donors (Lipinski definition) is 3. The number of carbonyl (C=O) groups is 2. The van der Waals surface area contributed by atoms with Gasteiger partial charge in [0.1, 0.15) is 5.76 Å². The van der Waals surface area contributed by atoms with Gasteiger partial charge in [0.25, 0.3) is 5.91 Å². The molecule has 6 nitrogen and oxygen atoms in total. The third-order valence-corrected chi connectivity index (χ3v) is 5.01. The van der Waals surface area contributed by atoms with Crippen LogP contribution < -0.4 is 16.0 Å². The van der Waals surface area contributed by atoms with E-state index >= 15 is 0 Å². The summed E-state index contributed by atoms with van der Waals surface area (Å²) in [5, 5.41) is 9.31. The molecule has 2 bridgehead atoms. The van der Waals surface area contributed by atoms with Crippen molar-refractivity contribution in [3.63, 3.8) is 0 Å². The third kappa shape index (κ3) is 3.17. The molecule has 25 heavy (non-hydrogen) atoms. The van der Waals surface area contributed by atoms with Crippen molar-refractivity contribution in [3.05, 3.63) is 42.2 Å². The molecule has 2 aliphatic rings. The highest BCUT2D eigenvalue weighted by Gasteiger charge is 2.40. The number of fused-ring (bicyclic) bond motifs is 2. The third-order valence-electron chi connectivity index (χ3n) is 5.01. The zero-order chi connectivity index (χ0) is 17.4. The molecule has 1 aromatic heterocycles. The van der Waals surface area contributed by atoms with E-state index in [1.807, 2.05) is 18.2 Å². The second-order valence-electron chi connectivity index (χ2n) is 6.81. The van der Waals surface area contributed by atoms with Crippen LogP contribution in [-0.2, 0) is 4.79 Å². The summed E-state index contributed by atoms with van der Waals surface area (Å²) >= 11 is 0. The number of nitrogens with one attached hydrogen (secondary N) is 3. The van der Waals surface area contributed by atoms with Gasteiger partial charge in [-0.25, -0.2) is 0 Å². The van der Waals surface area contributed by atoms with Gasteiger partial charge >= 0.3 is 0 Å². The van der Waals surface area contributed by atoms with E-state index in [9.17, 15) is 9.59 Å². The quantitative estimate of drug-likeness (QED) is 0.799. The normalized spacial score (nSPS) is 24.3. The van der Waals surface area contributed by atoms with Crippen molar-refractivity contribution in [3.8, 4) is 11.3 Å². The highest BCUT2D eigenvalue weighted by Crippen LogP contribution is 2.32. The smallest absolute Gasteiger partial charge is 0.287 e. The fourth-order valence-electron chi connectivity index (χ4n) is 3.85. The van der Waals surface area contributed by atoms with Crippen LogP contribution >= 0.6 is 0 Å². The molecule has 2 heterocycles. The number of piperidine rings is 1. The van der Waals surface area contributed by atoms with Crippen molar-refractivity contribution in [2.24, 2.45) is 5.92 Å². The maximum absolute atomic E-state index is 12.5. The molecule has 1 saturated carbocycles. The van der Waals surface area contributed by atoms with Crippen molar-refractivity contribution in [2.75, 3.05) is 11.9 Å². The summed E-state index contributed by atoms with van der Waals surface area (Å²) in [6, 6.07) is 11.6. The lowest BCUT2D eigenvalue weighted by Crippen LogP contribution is -2.44. The van der Waals surface area contributed by atoms with E-state index in [-0.39, 0.29) is 17.9 Å². The number of furan rings is 1. The Morgan fingerprint density at radius 3 is 2.72 bits per heavy atom. The molecule has 1 saturated heterocycles. The average molecular weight is 339 g/mol. The molecule has 2 aromatic rings. The summed E-state index contributed by atoms with van der Waals surface area (Å²) in [7, 11) is 0. The van der Waals surface area contributed by atoms with E-state index in [0.717, 1.165) is 24.9 Å². The molecule has 1 aliphatic heterocycles. The molecule has 0 spiro atoms. The van der Waals surface area contributed by atoms with Gasteiger partial charge in [-0.15, -0.1) is 0 Å². The molecule has 0 radical (unpaired) electrons. The number of para-hydroxylation sites is 1. The molecule has 130 valence electrons. The number of anilines is 1. The lowest BCUT2D eigenvalue weighted by atomic mass is 10.0. The Hall–Kier alpha value is -2.60. The zero-order valence-electron chi connectivity index (χ0n) is 14.0. The summed E-state index contributed by atoms with van der Waals surface area (Å²) in [6.07, 6.45) is 2.12. The van der Waals surface area contributed by atoms with Crippen LogP contribution in [0.3, 0.4) is 0 Å². The molecule has 4 rings (SSSR count). The zero-order valence-corrected chi connectivity index (χ0v) is 14.0. The van der Waals surface area contributed by atoms with Gasteiger partial charge in [0.2, 0.25) is 5.91 Å². The van der Waals surface area contributed by atoms with E-state index < -0.39 is 0 Å². The predicted octanol–water partition coefficient (Wildman–Crippen LogP) is 2.39. The summed E-state index contributed by atoms with van der Waals surface area (Å²) in [4.78, 5) is 23.8. The van der Waals surface area contributed by atoms with Crippen LogP contribution in [0.4, 0.5) is 5.69 Å². The van der Waals surface area contributed by atoms with Crippen LogP contribution in [0.15, 0.2) is 40.8 Å². The van der Waals surface area contributed by atoms with Crippen molar-refractivity contribution in [2.45, 2.75) is 31.8 Å². The van der Waals surface area contributed by atoms with E-state index in [0.29, 0.717) is 29.2 Å². The van der Waals surface area contributed by atoms with Gasteiger partial charge in [0, 0.05) is 31.1 Å². The molecular weight excluding hydrogens is 318 g/mol. The number of hydrogen-bond acceptors (Lipinski definition) is 4. The summed E-state index contributed by atoms with van der Waals surface area (Å²) in [5.74, 6) is 1.04. The second-order valence-corrected chi connectivity index (χ2v) is 6.81. The fraction of sp³-hybridized carbons (Fsp3) is 0.368. The van der Waals surface area contributed by atoms with Crippen LogP contribution in [0.2, 0.25) is 0 Å². The Balaban J connectivity index is 1.50. The molecule has 2 fully saturated rings. The van der Waals surface area contributed by atoms with Crippen molar-refractivity contribution >= 4 is 17.5 Å². The van der Waals surface area contributed by atoms with Gasteiger partial charge in [0.15, 0.2) is 5.76 Å². The molecule has 3 atom stereocenters. The number of rotatable bonds is 4. The largest absolute Gasteiger partial charge is 0.451 e. The first-order valence-corrected chi connectivity index (χ1v) is 8.61. The van der Waals surface area contributed by atoms with E-state index in [1.165, 1.54) is 6.92 Å². The molecular formula is C19H21N3O3. The van der Waals surface area contributed by atoms with Crippen LogP contribution in [0.5, 0.6) is 0 Å². The Morgan fingerprint density at radius 1 is 1.16 bits per heavy atom. The van der Waals surface area contributed by atoms with Gasteiger partial charge in [-0.05, 0) is 43.0 Å². The Labute approximate surface area is 146 Å². The lowest BCUT2D eigenvalue weighted by molar-refractivity contribution is -0.114. The highest BCUT2D eigenvalue weighted by molar-refractivity contribution is 5.95. The van der Waals surface area contributed by atoms with Gasteiger partial charge < -0.3 is 20.4 Å². The summed E-state index contributed by atoms with van der Waals surface area (Å²) < 4.78 is 5.77. The average Bonchev–Trinajstić information content (AvgIpc) is 3.31. The number of benzene rings is 1. The highest BCUT2D eigenvalue weighted by atomic mass is 16.4. The SMILES string of the molecule is CC(=O)Nc1ccccc1-c1ccc(C(=O)NC2CC3CC2CN3)o1. The fourth-order valence-corrected chi connectivity index (χ4v) is 3.85. The topological polar surface area (TPSA) is 83.4 Å². The van der Waals surface area contributed by atoms with Crippen molar-refractivity contribution in [1.82, 2.24) is 10.6 Å². The minimum Gasteiger partial charge on any atom is -0.451 e. The summed E-state index contributed by atoms with van der Waals surface area (Å²) in [6.45, 7) is 2.44. The van der Waals surface area contributed by atoms with Gasteiger partial charge in [-0.3, -0.25) is 9.59 Å². The molecule has 3 N–H and O–H groups in total. The van der Waals surface area contributed by atoms with Crippen molar-refractivity contribution < 1.29 is 14.0 Å². The van der Waals surface area contributed by atoms with Gasteiger partial charge in [0.05, 0.1) is 5.69 Å².